The van der Waals surface area contributed by atoms with E-state index in [4.69, 9.17) is 4.74 Å². The molecule has 1 saturated carbocycles. The molecule has 2 N–H and O–H groups in total. The summed E-state index contributed by atoms with van der Waals surface area (Å²) in [7, 11) is 3.63. The minimum atomic E-state index is 0. The van der Waals surface area contributed by atoms with Crippen LogP contribution in [0.3, 0.4) is 0 Å². The summed E-state index contributed by atoms with van der Waals surface area (Å²) in [4.78, 5) is 6.92. The second-order valence-electron chi connectivity index (χ2n) is 7.47. The Morgan fingerprint density at radius 1 is 1.33 bits per heavy atom. The number of rotatable bonds is 7. The maximum Gasteiger partial charge on any atom is 0.191 e. The Labute approximate surface area is 188 Å². The van der Waals surface area contributed by atoms with Crippen molar-refractivity contribution in [3.63, 3.8) is 0 Å². The molecular formula is C20H32BrIN4O. The molecule has 0 aromatic heterocycles. The molecular weight excluding hydrogens is 519 g/mol. The number of aliphatic imine (C=N–C) groups is 1. The first-order valence-corrected chi connectivity index (χ1v) is 10.4. The minimum absolute atomic E-state index is 0. The molecule has 0 bridgehead atoms. The summed E-state index contributed by atoms with van der Waals surface area (Å²) in [6.45, 7) is 5.04. The van der Waals surface area contributed by atoms with E-state index < -0.39 is 0 Å². The summed E-state index contributed by atoms with van der Waals surface area (Å²) in [5.41, 5.74) is 1.69. The normalized spacial score (nSPS) is 20.0. The molecule has 0 spiro atoms. The van der Waals surface area contributed by atoms with Gasteiger partial charge in [0.25, 0.3) is 0 Å². The molecule has 0 amide bonds. The predicted molar refractivity (Wildman–Crippen MR) is 126 cm³/mol. The van der Waals surface area contributed by atoms with Crippen LogP contribution in [0.15, 0.2) is 33.7 Å². The van der Waals surface area contributed by atoms with Gasteiger partial charge in [-0.3, -0.25) is 4.99 Å². The SMILES string of the molecule is CN=C(NCC1(c2cccc(Br)c2)CC1)NC1CCN(CCOC)CC1.I. The number of piperidine rings is 1. The standard InChI is InChI=1S/C20H31BrN4O.HI/c1-22-19(24-18-6-10-25(11-7-18)12-13-26-2)23-15-20(8-9-20)16-4-3-5-17(21)14-16;/h3-5,14,18H,6-13,15H2,1-2H3,(H2,22,23,24);1H. The van der Waals surface area contributed by atoms with Gasteiger partial charge in [0.2, 0.25) is 0 Å². The van der Waals surface area contributed by atoms with Gasteiger partial charge in [0.15, 0.2) is 5.96 Å². The summed E-state index contributed by atoms with van der Waals surface area (Å²) < 4.78 is 6.33. The van der Waals surface area contributed by atoms with Crippen LogP contribution >= 0.6 is 39.9 Å². The molecule has 1 aliphatic carbocycles. The molecule has 1 heterocycles. The van der Waals surface area contributed by atoms with Gasteiger partial charge in [-0.2, -0.15) is 0 Å². The van der Waals surface area contributed by atoms with Crippen molar-refractivity contribution in [1.29, 1.82) is 0 Å². The van der Waals surface area contributed by atoms with Crippen molar-refractivity contribution in [2.24, 2.45) is 4.99 Å². The van der Waals surface area contributed by atoms with Crippen LogP contribution in [-0.2, 0) is 10.2 Å². The Hall–Kier alpha value is -0.380. The molecule has 0 atom stereocenters. The fourth-order valence-electron chi connectivity index (χ4n) is 3.70. The van der Waals surface area contributed by atoms with E-state index in [1.165, 1.54) is 18.4 Å². The topological polar surface area (TPSA) is 48.9 Å². The van der Waals surface area contributed by atoms with Gasteiger partial charge in [-0.25, -0.2) is 0 Å². The van der Waals surface area contributed by atoms with E-state index in [0.29, 0.717) is 6.04 Å². The maximum atomic E-state index is 5.18. The Morgan fingerprint density at radius 3 is 2.67 bits per heavy atom. The summed E-state index contributed by atoms with van der Waals surface area (Å²) in [5.74, 6) is 0.932. The van der Waals surface area contributed by atoms with E-state index in [2.05, 4.69) is 60.7 Å². The van der Waals surface area contributed by atoms with Crippen LogP contribution in [0.25, 0.3) is 0 Å². The maximum absolute atomic E-state index is 5.18. The first-order chi connectivity index (χ1) is 12.6. The van der Waals surface area contributed by atoms with Gasteiger partial charge in [-0.05, 0) is 43.4 Å². The number of halogens is 2. The Bertz CT molecular complexity index is 616. The molecule has 0 radical (unpaired) electrons. The number of hydrogen-bond donors (Lipinski definition) is 2. The lowest BCUT2D eigenvalue weighted by atomic mass is 9.96. The summed E-state index contributed by atoms with van der Waals surface area (Å²) in [5, 5.41) is 7.19. The van der Waals surface area contributed by atoms with E-state index >= 15 is 0 Å². The van der Waals surface area contributed by atoms with Crippen LogP contribution in [0.2, 0.25) is 0 Å². The van der Waals surface area contributed by atoms with Gasteiger partial charge in [0, 0.05) is 56.3 Å². The molecule has 3 rings (SSSR count). The lowest BCUT2D eigenvalue weighted by Gasteiger charge is -2.33. The van der Waals surface area contributed by atoms with E-state index in [-0.39, 0.29) is 29.4 Å². The fourth-order valence-corrected chi connectivity index (χ4v) is 4.10. The van der Waals surface area contributed by atoms with Crippen molar-refractivity contribution in [1.82, 2.24) is 15.5 Å². The zero-order valence-corrected chi connectivity index (χ0v) is 20.3. The molecule has 1 aromatic rings. The molecule has 2 fully saturated rings. The van der Waals surface area contributed by atoms with E-state index in [1.807, 2.05) is 7.05 Å². The number of hydrogen-bond acceptors (Lipinski definition) is 3. The Kier molecular flexibility index (Phi) is 9.31. The molecule has 7 heteroatoms. The molecule has 27 heavy (non-hydrogen) atoms. The summed E-state index contributed by atoms with van der Waals surface area (Å²) in [6.07, 6.45) is 4.79. The summed E-state index contributed by atoms with van der Waals surface area (Å²) in [6, 6.07) is 9.21. The first kappa shape index (κ1) is 22.9. The Balaban J connectivity index is 0.00000261. The van der Waals surface area contributed by atoms with Gasteiger partial charge in [0.1, 0.15) is 0 Å². The molecule has 2 aliphatic rings. The van der Waals surface area contributed by atoms with E-state index in [9.17, 15) is 0 Å². The molecule has 1 saturated heterocycles. The van der Waals surface area contributed by atoms with Gasteiger partial charge in [0.05, 0.1) is 6.61 Å². The number of guanidine groups is 1. The smallest absolute Gasteiger partial charge is 0.191 e. The fraction of sp³-hybridized carbons (Fsp3) is 0.650. The molecule has 5 nitrogen and oxygen atoms in total. The molecule has 0 unspecified atom stereocenters. The largest absolute Gasteiger partial charge is 0.383 e. The number of nitrogens with zero attached hydrogens (tertiary/aromatic N) is 2. The van der Waals surface area contributed by atoms with Crippen LogP contribution in [0.4, 0.5) is 0 Å². The van der Waals surface area contributed by atoms with Gasteiger partial charge < -0.3 is 20.3 Å². The quantitative estimate of drug-likeness (QED) is 0.310. The Morgan fingerprint density at radius 2 is 2.07 bits per heavy atom. The second kappa shape index (κ2) is 11.0. The zero-order valence-electron chi connectivity index (χ0n) is 16.3. The highest BCUT2D eigenvalue weighted by Crippen LogP contribution is 2.48. The first-order valence-electron chi connectivity index (χ1n) is 9.60. The lowest BCUT2D eigenvalue weighted by molar-refractivity contribution is 0.128. The monoisotopic (exact) mass is 550 g/mol. The van der Waals surface area contributed by atoms with Crippen molar-refractivity contribution < 1.29 is 4.74 Å². The van der Waals surface area contributed by atoms with Crippen molar-refractivity contribution in [3.8, 4) is 0 Å². The highest BCUT2D eigenvalue weighted by Gasteiger charge is 2.44. The zero-order chi connectivity index (χ0) is 18.4. The number of nitrogens with one attached hydrogen (secondary N) is 2. The highest BCUT2D eigenvalue weighted by atomic mass is 127. The average molecular weight is 551 g/mol. The van der Waals surface area contributed by atoms with Crippen molar-refractivity contribution in [2.75, 3.05) is 46.9 Å². The van der Waals surface area contributed by atoms with Crippen molar-refractivity contribution in [2.45, 2.75) is 37.1 Å². The van der Waals surface area contributed by atoms with Crippen LogP contribution in [0.5, 0.6) is 0 Å². The molecule has 1 aromatic carbocycles. The highest BCUT2D eigenvalue weighted by molar-refractivity contribution is 14.0. The van der Waals surface area contributed by atoms with Gasteiger partial charge in [-0.15, -0.1) is 24.0 Å². The summed E-state index contributed by atoms with van der Waals surface area (Å²) >= 11 is 3.59. The third kappa shape index (κ3) is 6.58. The van der Waals surface area contributed by atoms with Gasteiger partial charge in [-0.1, -0.05) is 28.1 Å². The van der Waals surface area contributed by atoms with E-state index in [0.717, 1.165) is 56.1 Å². The number of likely N-dealkylation sites (tertiary alicyclic amines) is 1. The van der Waals surface area contributed by atoms with Crippen molar-refractivity contribution >= 4 is 45.9 Å². The number of methoxy groups -OCH3 is 1. The number of benzene rings is 1. The molecule has 1 aliphatic heterocycles. The third-order valence-electron chi connectivity index (χ3n) is 5.65. The van der Waals surface area contributed by atoms with E-state index in [1.54, 1.807) is 7.11 Å². The molecule has 152 valence electrons. The van der Waals surface area contributed by atoms with Crippen LogP contribution < -0.4 is 10.6 Å². The van der Waals surface area contributed by atoms with Crippen LogP contribution in [0.1, 0.15) is 31.2 Å². The number of ether oxygens (including phenoxy) is 1. The predicted octanol–water partition coefficient (Wildman–Crippen LogP) is 3.37. The van der Waals surface area contributed by atoms with Crippen LogP contribution in [-0.4, -0.2) is 63.8 Å². The van der Waals surface area contributed by atoms with Crippen LogP contribution in [0, 0.1) is 0 Å². The van der Waals surface area contributed by atoms with Crippen molar-refractivity contribution in [3.05, 3.63) is 34.3 Å². The third-order valence-corrected chi connectivity index (χ3v) is 6.14. The second-order valence-corrected chi connectivity index (χ2v) is 8.39. The average Bonchev–Trinajstić information content (AvgIpc) is 3.45. The van der Waals surface area contributed by atoms with Gasteiger partial charge >= 0.3 is 0 Å². The minimum Gasteiger partial charge on any atom is -0.383 e. The lowest BCUT2D eigenvalue weighted by Crippen LogP contribution is -2.50.